The summed E-state index contributed by atoms with van der Waals surface area (Å²) in [6.45, 7) is 6.61. The van der Waals surface area contributed by atoms with Crippen molar-refractivity contribution in [2.75, 3.05) is 5.32 Å². The Morgan fingerprint density at radius 3 is 2.50 bits per heavy atom. The molecule has 0 saturated carbocycles. The van der Waals surface area contributed by atoms with Gasteiger partial charge in [0, 0.05) is 6.04 Å². The van der Waals surface area contributed by atoms with Crippen LogP contribution in [0.25, 0.3) is 0 Å². The molecule has 1 aromatic rings. The third kappa shape index (κ3) is 3.23. The van der Waals surface area contributed by atoms with Gasteiger partial charge in [0.25, 0.3) is 0 Å². The van der Waals surface area contributed by atoms with E-state index in [1.54, 1.807) is 12.3 Å². The highest BCUT2D eigenvalue weighted by Gasteiger charge is 2.12. The van der Waals surface area contributed by atoms with E-state index in [0.717, 1.165) is 5.69 Å². The second-order valence-electron chi connectivity index (χ2n) is 4.05. The maximum atomic E-state index is 8.64. The van der Waals surface area contributed by atoms with Crippen molar-refractivity contribution in [1.29, 1.82) is 5.26 Å². The zero-order chi connectivity index (χ0) is 12.0. The molecule has 0 amide bonds. The summed E-state index contributed by atoms with van der Waals surface area (Å²) in [7, 11) is 0. The van der Waals surface area contributed by atoms with Gasteiger partial charge in [0.2, 0.25) is 0 Å². The Labute approximate surface area is 97.5 Å². The lowest BCUT2D eigenvalue weighted by atomic mass is 9.95. The van der Waals surface area contributed by atoms with Crippen molar-refractivity contribution >= 4 is 5.69 Å². The smallest absolute Gasteiger partial charge is 0.140 e. The largest absolute Gasteiger partial charge is 0.381 e. The molecule has 3 heteroatoms. The minimum absolute atomic E-state index is 0.435. The molecule has 1 aromatic heterocycles. The van der Waals surface area contributed by atoms with E-state index in [9.17, 15) is 0 Å². The van der Waals surface area contributed by atoms with E-state index in [2.05, 4.69) is 31.1 Å². The molecule has 1 rings (SSSR count). The molecule has 0 fully saturated rings. The predicted octanol–water partition coefficient (Wildman–Crippen LogP) is 3.19. The van der Waals surface area contributed by atoms with E-state index < -0.39 is 0 Å². The van der Waals surface area contributed by atoms with Crippen LogP contribution in [0.5, 0.6) is 0 Å². The van der Waals surface area contributed by atoms with E-state index in [-0.39, 0.29) is 0 Å². The van der Waals surface area contributed by atoms with Crippen LogP contribution in [-0.4, -0.2) is 11.0 Å². The molecule has 0 aromatic carbocycles. The Morgan fingerprint density at radius 1 is 1.38 bits per heavy atom. The number of nitrogens with one attached hydrogen (secondary N) is 1. The molecule has 0 spiro atoms. The van der Waals surface area contributed by atoms with Crippen LogP contribution in [0, 0.1) is 17.2 Å². The molecule has 16 heavy (non-hydrogen) atoms. The normalized spacial score (nSPS) is 12.2. The van der Waals surface area contributed by atoms with E-state index in [1.807, 2.05) is 12.1 Å². The van der Waals surface area contributed by atoms with Crippen molar-refractivity contribution < 1.29 is 0 Å². The first-order valence-electron chi connectivity index (χ1n) is 5.83. The fourth-order valence-corrected chi connectivity index (χ4v) is 1.92. The third-order valence-electron chi connectivity index (χ3n) is 3.03. The third-order valence-corrected chi connectivity index (χ3v) is 3.03. The van der Waals surface area contributed by atoms with Crippen LogP contribution < -0.4 is 5.32 Å². The van der Waals surface area contributed by atoms with Crippen LogP contribution in [0.1, 0.15) is 39.3 Å². The molecule has 3 nitrogen and oxygen atoms in total. The summed E-state index contributed by atoms with van der Waals surface area (Å²) in [5.41, 5.74) is 1.44. The first-order valence-corrected chi connectivity index (χ1v) is 5.83. The molecule has 1 atom stereocenters. The fourth-order valence-electron chi connectivity index (χ4n) is 1.92. The maximum Gasteiger partial charge on any atom is 0.140 e. The lowest BCUT2D eigenvalue weighted by Crippen LogP contribution is -2.25. The molecular formula is C13H19N3. The molecular weight excluding hydrogens is 198 g/mol. The van der Waals surface area contributed by atoms with Crippen molar-refractivity contribution in [3.63, 3.8) is 0 Å². The van der Waals surface area contributed by atoms with Crippen LogP contribution in [0.15, 0.2) is 18.3 Å². The number of aromatic nitrogens is 1. The minimum Gasteiger partial charge on any atom is -0.381 e. The average Bonchev–Trinajstić information content (AvgIpc) is 2.31. The highest BCUT2D eigenvalue weighted by atomic mass is 14.9. The molecule has 0 aliphatic carbocycles. The Morgan fingerprint density at radius 2 is 2.06 bits per heavy atom. The van der Waals surface area contributed by atoms with E-state index in [4.69, 9.17) is 5.26 Å². The molecule has 86 valence electrons. The Balaban J connectivity index is 2.62. The molecule has 0 aliphatic heterocycles. The van der Waals surface area contributed by atoms with Crippen LogP contribution >= 0.6 is 0 Å². The van der Waals surface area contributed by atoms with Gasteiger partial charge >= 0.3 is 0 Å². The summed E-state index contributed by atoms with van der Waals surface area (Å²) in [6.07, 6.45) is 4.07. The number of hydrogen-bond donors (Lipinski definition) is 1. The number of pyridine rings is 1. The van der Waals surface area contributed by atoms with Gasteiger partial charge in [-0.2, -0.15) is 5.26 Å². The SMILES string of the molecule is CCC(CC)C(C)Nc1ccc(C#N)nc1. The standard InChI is InChI=1S/C13H19N3/c1-4-11(5-2)10(3)16-13-7-6-12(8-14)15-9-13/h6-7,9-11,16H,4-5H2,1-3H3. The molecule has 0 aliphatic rings. The van der Waals surface area contributed by atoms with Crippen LogP contribution in [0.3, 0.4) is 0 Å². The quantitative estimate of drug-likeness (QED) is 0.824. The van der Waals surface area contributed by atoms with Gasteiger partial charge in [0.15, 0.2) is 0 Å². The summed E-state index contributed by atoms with van der Waals surface area (Å²) in [5.74, 6) is 0.677. The number of anilines is 1. The number of nitriles is 1. The zero-order valence-electron chi connectivity index (χ0n) is 10.2. The molecule has 0 radical (unpaired) electrons. The summed E-state index contributed by atoms with van der Waals surface area (Å²) in [6, 6.07) is 6.09. The Hall–Kier alpha value is -1.56. The van der Waals surface area contributed by atoms with Crippen molar-refractivity contribution in [1.82, 2.24) is 4.98 Å². The summed E-state index contributed by atoms with van der Waals surface area (Å²) >= 11 is 0. The second kappa shape index (κ2) is 6.12. The van der Waals surface area contributed by atoms with Gasteiger partial charge in [-0.05, 0) is 25.0 Å². The monoisotopic (exact) mass is 217 g/mol. The van der Waals surface area contributed by atoms with Gasteiger partial charge in [-0.25, -0.2) is 4.98 Å². The summed E-state index contributed by atoms with van der Waals surface area (Å²) in [4.78, 5) is 4.04. The minimum atomic E-state index is 0.435. The average molecular weight is 217 g/mol. The molecule has 0 bridgehead atoms. The highest BCUT2D eigenvalue weighted by molar-refractivity contribution is 5.43. The number of rotatable bonds is 5. The van der Waals surface area contributed by atoms with Gasteiger partial charge in [-0.15, -0.1) is 0 Å². The Bertz CT molecular complexity index is 346. The summed E-state index contributed by atoms with van der Waals surface area (Å²) in [5, 5.41) is 12.1. The number of nitrogens with zero attached hydrogens (tertiary/aromatic N) is 2. The van der Waals surface area contributed by atoms with Crippen molar-refractivity contribution in [2.45, 2.75) is 39.7 Å². The predicted molar refractivity (Wildman–Crippen MR) is 66.1 cm³/mol. The van der Waals surface area contributed by atoms with Gasteiger partial charge in [0.1, 0.15) is 11.8 Å². The first-order chi connectivity index (χ1) is 7.71. The Kier molecular flexibility index (Phi) is 4.78. The van der Waals surface area contributed by atoms with Crippen LogP contribution in [0.2, 0.25) is 0 Å². The second-order valence-corrected chi connectivity index (χ2v) is 4.05. The number of hydrogen-bond acceptors (Lipinski definition) is 3. The van der Waals surface area contributed by atoms with Crippen LogP contribution in [0.4, 0.5) is 5.69 Å². The van der Waals surface area contributed by atoms with Gasteiger partial charge in [0.05, 0.1) is 11.9 Å². The van der Waals surface area contributed by atoms with Crippen molar-refractivity contribution in [3.05, 3.63) is 24.0 Å². The first kappa shape index (κ1) is 12.5. The summed E-state index contributed by atoms with van der Waals surface area (Å²) < 4.78 is 0. The van der Waals surface area contributed by atoms with Crippen LogP contribution in [-0.2, 0) is 0 Å². The lowest BCUT2D eigenvalue weighted by Gasteiger charge is -2.23. The van der Waals surface area contributed by atoms with Gasteiger partial charge < -0.3 is 5.32 Å². The zero-order valence-corrected chi connectivity index (χ0v) is 10.2. The fraction of sp³-hybridized carbons (Fsp3) is 0.538. The van der Waals surface area contributed by atoms with E-state index in [1.165, 1.54) is 12.8 Å². The lowest BCUT2D eigenvalue weighted by molar-refractivity contribution is 0.438. The van der Waals surface area contributed by atoms with Crippen molar-refractivity contribution in [2.24, 2.45) is 5.92 Å². The topological polar surface area (TPSA) is 48.7 Å². The maximum absolute atomic E-state index is 8.64. The molecule has 1 heterocycles. The molecule has 1 N–H and O–H groups in total. The van der Waals surface area contributed by atoms with E-state index in [0.29, 0.717) is 17.7 Å². The molecule has 1 unspecified atom stereocenters. The van der Waals surface area contributed by atoms with Crippen molar-refractivity contribution in [3.8, 4) is 6.07 Å². The molecule has 0 saturated heterocycles. The van der Waals surface area contributed by atoms with Gasteiger partial charge in [-0.3, -0.25) is 0 Å². The highest BCUT2D eigenvalue weighted by Crippen LogP contribution is 2.17. The van der Waals surface area contributed by atoms with E-state index >= 15 is 0 Å². The van der Waals surface area contributed by atoms with Gasteiger partial charge in [-0.1, -0.05) is 26.7 Å².